The molecule has 2 aliphatic heterocycles. The van der Waals surface area contributed by atoms with Gasteiger partial charge < -0.3 is 10.2 Å². The number of rotatable bonds is 3. The van der Waals surface area contributed by atoms with Gasteiger partial charge in [0.05, 0.1) is 12.1 Å². The van der Waals surface area contributed by atoms with Gasteiger partial charge in [0.15, 0.2) is 0 Å². The quantitative estimate of drug-likeness (QED) is 0.770. The number of likely N-dealkylation sites (tertiary alicyclic amines) is 1. The summed E-state index contributed by atoms with van der Waals surface area (Å²) in [6.07, 6.45) is 3.30. The molecule has 2 fully saturated rings. The second-order valence-corrected chi connectivity index (χ2v) is 8.26. The number of nitrogens with one attached hydrogen (secondary N) is 1. The van der Waals surface area contributed by atoms with E-state index in [2.05, 4.69) is 26.6 Å². The molecule has 0 saturated carbocycles. The van der Waals surface area contributed by atoms with E-state index in [4.69, 9.17) is 0 Å². The van der Waals surface area contributed by atoms with Crippen LogP contribution in [0.3, 0.4) is 0 Å². The van der Waals surface area contributed by atoms with Crippen molar-refractivity contribution in [1.82, 2.24) is 25.4 Å². The Hall–Kier alpha value is -2.38. The van der Waals surface area contributed by atoms with E-state index in [0.29, 0.717) is 18.5 Å². The number of fused-ring (bicyclic) bond motifs is 3. The molecule has 2 saturated heterocycles. The van der Waals surface area contributed by atoms with Crippen molar-refractivity contribution in [3.05, 3.63) is 41.2 Å². The fourth-order valence-corrected chi connectivity index (χ4v) is 4.64. The van der Waals surface area contributed by atoms with E-state index < -0.39 is 0 Å². The molecule has 2 atom stereocenters. The predicted octanol–water partition coefficient (Wildman–Crippen LogP) is 2.18. The highest BCUT2D eigenvalue weighted by Gasteiger charge is 2.39. The van der Waals surface area contributed by atoms with E-state index in [1.54, 1.807) is 11.3 Å². The first-order chi connectivity index (χ1) is 12.7. The predicted molar refractivity (Wildman–Crippen MR) is 101 cm³/mol. The maximum atomic E-state index is 12.7. The van der Waals surface area contributed by atoms with E-state index in [1.165, 1.54) is 0 Å². The van der Waals surface area contributed by atoms with E-state index in [9.17, 15) is 4.79 Å². The molecule has 2 aromatic heterocycles. The topological polar surface area (TPSA) is 71.0 Å². The van der Waals surface area contributed by atoms with Crippen LogP contribution in [0.15, 0.2) is 30.5 Å². The van der Waals surface area contributed by atoms with Gasteiger partial charge in [0.2, 0.25) is 5.91 Å². The van der Waals surface area contributed by atoms with E-state index in [0.717, 1.165) is 51.6 Å². The molecule has 1 aromatic carbocycles. The molecule has 0 aliphatic carbocycles. The third-order valence-corrected chi connectivity index (χ3v) is 6.15. The minimum atomic E-state index is 0.182. The van der Waals surface area contributed by atoms with Gasteiger partial charge in [-0.05, 0) is 30.9 Å². The van der Waals surface area contributed by atoms with Gasteiger partial charge in [-0.1, -0.05) is 23.5 Å². The highest BCUT2D eigenvalue weighted by molar-refractivity contribution is 7.14. The summed E-state index contributed by atoms with van der Waals surface area (Å²) in [6, 6.07) is 9.06. The third kappa shape index (κ3) is 2.77. The number of pyridine rings is 1. The second-order valence-electron chi connectivity index (χ2n) is 7.08. The van der Waals surface area contributed by atoms with Crippen molar-refractivity contribution in [2.45, 2.75) is 31.8 Å². The molecule has 2 aliphatic rings. The molecule has 0 unspecified atom stereocenters. The van der Waals surface area contributed by atoms with Crippen LogP contribution in [0.4, 0.5) is 0 Å². The van der Waals surface area contributed by atoms with Gasteiger partial charge in [0, 0.05) is 42.3 Å². The summed E-state index contributed by atoms with van der Waals surface area (Å²) in [5.74, 6) is 0.182. The number of hydrogen-bond donors (Lipinski definition) is 1. The lowest BCUT2D eigenvalue weighted by atomic mass is 10.1. The standard InChI is InChI=1S/C19H19N5OS/c1-11-22-23-19(26-11)12-2-3-13-8-20-15(5-14(13)4-12)7-18(25)24-10-16-6-17(24)9-21-16/h2-5,8,16-17,21H,6-7,9-10H2,1H3/t16-,17-/m0/s1. The SMILES string of the molecule is Cc1nnc(-c2ccc3cnc(CC(=O)N4C[C@@H]5C[C@H]4CN5)cc3c2)s1. The zero-order valence-corrected chi connectivity index (χ0v) is 15.3. The third-order valence-electron chi connectivity index (χ3n) is 5.26. The summed E-state index contributed by atoms with van der Waals surface area (Å²) in [5, 5.41) is 15.8. The molecule has 1 amide bonds. The molecular formula is C19H19N5OS. The van der Waals surface area contributed by atoms with Crippen LogP contribution in [0, 0.1) is 6.92 Å². The van der Waals surface area contributed by atoms with Gasteiger partial charge in [0.1, 0.15) is 10.0 Å². The number of nitrogens with zero attached hydrogens (tertiary/aromatic N) is 4. The Balaban J connectivity index is 1.40. The van der Waals surface area contributed by atoms with Gasteiger partial charge >= 0.3 is 0 Å². The molecule has 1 N–H and O–H groups in total. The zero-order valence-electron chi connectivity index (χ0n) is 14.5. The number of aryl methyl sites for hydroxylation is 1. The van der Waals surface area contributed by atoms with Crippen molar-refractivity contribution in [2.75, 3.05) is 13.1 Å². The molecule has 7 heteroatoms. The summed E-state index contributed by atoms with van der Waals surface area (Å²) >= 11 is 1.58. The Labute approximate surface area is 155 Å². The first kappa shape index (κ1) is 15.8. The zero-order chi connectivity index (χ0) is 17.7. The summed E-state index contributed by atoms with van der Waals surface area (Å²) in [5.41, 5.74) is 1.87. The van der Waals surface area contributed by atoms with Crippen LogP contribution >= 0.6 is 11.3 Å². The molecule has 0 spiro atoms. The highest BCUT2D eigenvalue weighted by atomic mass is 32.1. The fourth-order valence-electron chi connectivity index (χ4n) is 3.95. The van der Waals surface area contributed by atoms with Gasteiger partial charge in [-0.2, -0.15) is 0 Å². The smallest absolute Gasteiger partial charge is 0.228 e. The van der Waals surface area contributed by atoms with Crippen molar-refractivity contribution in [1.29, 1.82) is 0 Å². The number of amides is 1. The number of piperazine rings is 1. The van der Waals surface area contributed by atoms with E-state index in [1.807, 2.05) is 36.2 Å². The van der Waals surface area contributed by atoms with Crippen LogP contribution in [-0.2, 0) is 11.2 Å². The van der Waals surface area contributed by atoms with Gasteiger partial charge in [-0.25, -0.2) is 0 Å². The minimum Gasteiger partial charge on any atom is -0.336 e. The Morgan fingerprint density at radius 1 is 1.31 bits per heavy atom. The summed E-state index contributed by atoms with van der Waals surface area (Å²) in [7, 11) is 0. The minimum absolute atomic E-state index is 0.182. The molecule has 26 heavy (non-hydrogen) atoms. The number of carbonyl (C=O) groups is 1. The number of benzene rings is 1. The Kier molecular flexibility index (Phi) is 3.72. The van der Waals surface area contributed by atoms with Crippen molar-refractivity contribution < 1.29 is 4.79 Å². The summed E-state index contributed by atoms with van der Waals surface area (Å²) in [6.45, 7) is 3.71. The largest absolute Gasteiger partial charge is 0.336 e. The lowest BCUT2D eigenvalue weighted by Gasteiger charge is -2.27. The van der Waals surface area contributed by atoms with Gasteiger partial charge in [-0.3, -0.25) is 9.78 Å². The molecule has 3 aromatic rings. The van der Waals surface area contributed by atoms with E-state index >= 15 is 0 Å². The lowest BCUT2D eigenvalue weighted by molar-refractivity contribution is -0.131. The summed E-state index contributed by atoms with van der Waals surface area (Å²) in [4.78, 5) is 19.2. The van der Waals surface area contributed by atoms with Crippen LogP contribution < -0.4 is 5.32 Å². The molecule has 0 radical (unpaired) electrons. The maximum absolute atomic E-state index is 12.7. The van der Waals surface area contributed by atoms with Crippen molar-refractivity contribution in [3.8, 4) is 10.6 Å². The number of hydrogen-bond acceptors (Lipinski definition) is 6. The first-order valence-electron chi connectivity index (χ1n) is 8.88. The van der Waals surface area contributed by atoms with Crippen molar-refractivity contribution >= 4 is 28.0 Å². The highest BCUT2D eigenvalue weighted by Crippen LogP contribution is 2.27. The number of carbonyl (C=O) groups excluding carboxylic acids is 1. The van der Waals surface area contributed by atoms with Gasteiger partial charge in [0.25, 0.3) is 0 Å². The van der Waals surface area contributed by atoms with E-state index in [-0.39, 0.29) is 5.91 Å². The van der Waals surface area contributed by atoms with Crippen molar-refractivity contribution in [3.63, 3.8) is 0 Å². The molecule has 6 nitrogen and oxygen atoms in total. The molecular weight excluding hydrogens is 346 g/mol. The van der Waals surface area contributed by atoms with Gasteiger partial charge in [-0.15, -0.1) is 10.2 Å². The van der Waals surface area contributed by atoms with Crippen LogP contribution in [0.2, 0.25) is 0 Å². The number of aromatic nitrogens is 3. The second kappa shape index (κ2) is 6.10. The van der Waals surface area contributed by atoms with Crippen LogP contribution in [-0.4, -0.2) is 51.2 Å². The average molecular weight is 365 g/mol. The van der Waals surface area contributed by atoms with Crippen molar-refractivity contribution in [2.24, 2.45) is 0 Å². The normalized spacial score (nSPS) is 21.7. The molecule has 132 valence electrons. The van der Waals surface area contributed by atoms with Crippen LogP contribution in [0.1, 0.15) is 17.1 Å². The Morgan fingerprint density at radius 2 is 2.23 bits per heavy atom. The fraction of sp³-hybridized carbons (Fsp3) is 0.368. The molecule has 5 rings (SSSR count). The lowest BCUT2D eigenvalue weighted by Crippen LogP contribution is -2.47. The Morgan fingerprint density at radius 3 is 2.96 bits per heavy atom. The molecule has 2 bridgehead atoms. The average Bonchev–Trinajstić information content (AvgIpc) is 3.38. The Bertz CT molecular complexity index is 1000. The monoisotopic (exact) mass is 365 g/mol. The summed E-state index contributed by atoms with van der Waals surface area (Å²) < 4.78 is 0. The van der Waals surface area contributed by atoms with Crippen LogP contribution in [0.25, 0.3) is 21.3 Å². The maximum Gasteiger partial charge on any atom is 0.228 e. The molecule has 4 heterocycles. The van der Waals surface area contributed by atoms with Crippen LogP contribution in [0.5, 0.6) is 0 Å². The first-order valence-corrected chi connectivity index (χ1v) is 9.69.